The van der Waals surface area contributed by atoms with Crippen molar-refractivity contribution >= 4 is 5.91 Å². The molecule has 1 fully saturated rings. The Hall–Kier alpha value is -4.23. The molecule has 0 aromatic heterocycles. The third kappa shape index (κ3) is 6.20. The Morgan fingerprint density at radius 1 is 0.795 bits per heavy atom. The number of piperazine rings is 1. The van der Waals surface area contributed by atoms with Crippen molar-refractivity contribution in [2.75, 3.05) is 26.2 Å². The van der Waals surface area contributed by atoms with Crippen LogP contribution >= 0.6 is 0 Å². The lowest BCUT2D eigenvalue weighted by Gasteiger charge is -2.36. The average Bonchev–Trinajstić information content (AvgIpc) is 3.46. The highest BCUT2D eigenvalue weighted by Gasteiger charge is 2.33. The molecule has 0 saturated carbocycles. The molecule has 0 radical (unpaired) electrons. The van der Waals surface area contributed by atoms with Gasteiger partial charge in [0.05, 0.1) is 13.2 Å². The second-order valence-electron chi connectivity index (χ2n) is 12.0. The first-order chi connectivity index (χ1) is 21.6. The van der Waals surface area contributed by atoms with Crippen molar-refractivity contribution in [2.24, 2.45) is 0 Å². The van der Waals surface area contributed by atoms with Gasteiger partial charge in [-0.2, -0.15) is 0 Å². The van der Waals surface area contributed by atoms with Gasteiger partial charge in [-0.3, -0.25) is 9.69 Å². The third-order valence-electron chi connectivity index (χ3n) is 9.06. The van der Waals surface area contributed by atoms with Gasteiger partial charge < -0.3 is 19.5 Å². The van der Waals surface area contributed by atoms with Gasteiger partial charge in [-0.15, -0.1) is 0 Å². The molecule has 44 heavy (non-hydrogen) atoms. The van der Waals surface area contributed by atoms with Gasteiger partial charge in [-0.25, -0.2) is 0 Å². The van der Waals surface area contributed by atoms with Crippen molar-refractivity contribution in [1.29, 1.82) is 0 Å². The molecule has 3 aliphatic rings. The molecule has 1 aliphatic carbocycles. The maximum atomic E-state index is 13.9. The topological polar surface area (TPSA) is 62.2 Å². The number of rotatable bonds is 8. The van der Waals surface area contributed by atoms with E-state index in [1.807, 2.05) is 41.3 Å². The third-order valence-corrected chi connectivity index (χ3v) is 9.06. The Bertz CT molecular complexity index is 1640. The number of amides is 1. The van der Waals surface area contributed by atoms with Crippen molar-refractivity contribution in [3.05, 3.63) is 142 Å². The molecule has 4 aromatic carbocycles. The van der Waals surface area contributed by atoms with E-state index in [-0.39, 0.29) is 18.4 Å². The SMILES string of the molecule is O=C(C1=C[C@H](c2ccc3c(c2)Cc2ccccc2-3)C[C@H](OCc2ccc(CO)cc2)O1)N1CCN(Cc2ccccc2)CC1. The number of allylic oxidation sites excluding steroid dienone is 1. The van der Waals surface area contributed by atoms with Crippen LogP contribution in [-0.4, -0.2) is 53.3 Å². The summed E-state index contributed by atoms with van der Waals surface area (Å²) in [7, 11) is 0. The number of benzene rings is 4. The van der Waals surface area contributed by atoms with Crippen LogP contribution in [-0.2, 0) is 40.4 Å². The van der Waals surface area contributed by atoms with Crippen LogP contribution in [0.3, 0.4) is 0 Å². The average molecular weight is 587 g/mol. The van der Waals surface area contributed by atoms with E-state index in [1.54, 1.807) is 0 Å². The van der Waals surface area contributed by atoms with Crippen molar-refractivity contribution in [3.8, 4) is 11.1 Å². The van der Waals surface area contributed by atoms with Gasteiger partial charge in [0.2, 0.25) is 6.29 Å². The summed E-state index contributed by atoms with van der Waals surface area (Å²) in [5.74, 6) is 0.309. The van der Waals surface area contributed by atoms with Crippen LogP contribution in [0, 0.1) is 0 Å². The van der Waals surface area contributed by atoms with Crippen molar-refractivity contribution in [1.82, 2.24) is 9.80 Å². The number of aliphatic hydroxyl groups is 1. The molecule has 2 heterocycles. The van der Waals surface area contributed by atoms with Gasteiger partial charge >= 0.3 is 0 Å². The number of hydrogen-bond acceptors (Lipinski definition) is 5. The lowest BCUT2D eigenvalue weighted by molar-refractivity contribution is -0.157. The quantitative estimate of drug-likeness (QED) is 0.241. The molecule has 0 bridgehead atoms. The lowest BCUT2D eigenvalue weighted by atomic mass is 9.90. The van der Waals surface area contributed by atoms with Crippen LogP contribution in [0.5, 0.6) is 0 Å². The molecule has 6 nitrogen and oxygen atoms in total. The molecule has 2 atom stereocenters. The minimum Gasteiger partial charge on any atom is -0.459 e. The summed E-state index contributed by atoms with van der Waals surface area (Å²) in [4.78, 5) is 18.2. The predicted molar refractivity (Wildman–Crippen MR) is 170 cm³/mol. The molecule has 0 spiro atoms. The summed E-state index contributed by atoms with van der Waals surface area (Å²) < 4.78 is 12.6. The van der Waals surface area contributed by atoms with Crippen molar-refractivity contribution in [2.45, 2.75) is 44.8 Å². The van der Waals surface area contributed by atoms with E-state index in [0.29, 0.717) is 31.9 Å². The van der Waals surface area contributed by atoms with Crippen LogP contribution in [0.4, 0.5) is 0 Å². The smallest absolute Gasteiger partial charge is 0.288 e. The number of hydrogen-bond donors (Lipinski definition) is 1. The fourth-order valence-electron chi connectivity index (χ4n) is 6.58. The van der Waals surface area contributed by atoms with E-state index in [9.17, 15) is 9.90 Å². The second kappa shape index (κ2) is 12.8. The molecule has 1 saturated heterocycles. The highest BCUT2D eigenvalue weighted by atomic mass is 16.7. The van der Waals surface area contributed by atoms with Crippen LogP contribution < -0.4 is 0 Å². The molecular weight excluding hydrogens is 548 g/mol. The number of aliphatic hydroxyl groups excluding tert-OH is 1. The Labute approximate surface area is 259 Å². The van der Waals surface area contributed by atoms with Crippen LogP contribution in [0.15, 0.2) is 109 Å². The first kappa shape index (κ1) is 28.5. The summed E-state index contributed by atoms with van der Waals surface area (Å²) in [5.41, 5.74) is 9.62. The first-order valence-corrected chi connectivity index (χ1v) is 15.6. The van der Waals surface area contributed by atoms with Gasteiger partial charge in [0, 0.05) is 45.1 Å². The number of fused-ring (bicyclic) bond motifs is 3. The van der Waals surface area contributed by atoms with Crippen LogP contribution in [0.1, 0.15) is 45.7 Å². The molecule has 224 valence electrons. The minimum absolute atomic E-state index is 0.00199. The lowest BCUT2D eigenvalue weighted by Crippen LogP contribution is -2.49. The summed E-state index contributed by atoms with van der Waals surface area (Å²) >= 11 is 0. The zero-order valence-electron chi connectivity index (χ0n) is 24.9. The highest BCUT2D eigenvalue weighted by Crippen LogP contribution is 2.40. The van der Waals surface area contributed by atoms with Gasteiger partial charge in [0.15, 0.2) is 5.76 Å². The van der Waals surface area contributed by atoms with E-state index >= 15 is 0 Å². The number of nitrogens with zero attached hydrogens (tertiary/aromatic N) is 2. The Morgan fingerprint density at radius 3 is 2.32 bits per heavy atom. The molecule has 0 unspecified atom stereocenters. The monoisotopic (exact) mass is 586 g/mol. The molecule has 4 aromatic rings. The zero-order valence-corrected chi connectivity index (χ0v) is 24.9. The largest absolute Gasteiger partial charge is 0.459 e. The van der Waals surface area contributed by atoms with Crippen molar-refractivity contribution in [3.63, 3.8) is 0 Å². The molecule has 6 heteroatoms. The molecule has 1 amide bonds. The predicted octanol–water partition coefficient (Wildman–Crippen LogP) is 6.03. The summed E-state index contributed by atoms with van der Waals surface area (Å²) in [6.07, 6.45) is 3.02. The fraction of sp³-hybridized carbons (Fsp3) is 0.289. The number of ether oxygens (including phenoxy) is 2. The molecule has 7 rings (SSSR count). The molecule has 1 N–H and O–H groups in total. The van der Waals surface area contributed by atoms with Gasteiger partial charge in [-0.1, -0.05) is 97.1 Å². The highest BCUT2D eigenvalue weighted by molar-refractivity contribution is 5.92. The number of carbonyl (C=O) groups excluding carboxylic acids is 1. The van der Waals surface area contributed by atoms with Gasteiger partial charge in [-0.05, 0) is 57.0 Å². The van der Waals surface area contributed by atoms with E-state index < -0.39 is 6.29 Å². The van der Waals surface area contributed by atoms with Crippen LogP contribution in [0.2, 0.25) is 0 Å². The van der Waals surface area contributed by atoms with E-state index in [1.165, 1.54) is 33.4 Å². The number of carbonyl (C=O) groups is 1. The zero-order chi connectivity index (χ0) is 29.9. The Balaban J connectivity index is 1.08. The molecule has 2 aliphatic heterocycles. The van der Waals surface area contributed by atoms with Crippen LogP contribution in [0.25, 0.3) is 11.1 Å². The Morgan fingerprint density at radius 2 is 1.52 bits per heavy atom. The van der Waals surface area contributed by atoms with E-state index in [2.05, 4.69) is 71.6 Å². The van der Waals surface area contributed by atoms with Gasteiger partial charge in [0.1, 0.15) is 0 Å². The summed E-state index contributed by atoms with van der Waals surface area (Å²) in [5, 5.41) is 9.38. The standard InChI is InChI=1S/C38H38N2O4/c41-25-28-10-12-29(13-11-28)26-43-37-23-32(30-14-15-35-33(20-30)21-31-8-4-5-9-34(31)35)22-36(44-37)38(42)40-18-16-39(17-19-40)24-27-6-2-1-3-7-27/h1-15,20,22,32,37,41H,16-19,21,23-26H2/t32-,37+/m0/s1. The summed E-state index contributed by atoms with van der Waals surface area (Å²) in [6, 6.07) is 33.5. The molecular formula is C38H38N2O4. The van der Waals surface area contributed by atoms with E-state index in [0.717, 1.165) is 37.2 Å². The summed E-state index contributed by atoms with van der Waals surface area (Å²) in [6.45, 7) is 4.24. The second-order valence-corrected chi connectivity index (χ2v) is 12.0. The first-order valence-electron chi connectivity index (χ1n) is 15.6. The Kier molecular flexibility index (Phi) is 8.29. The fourth-order valence-corrected chi connectivity index (χ4v) is 6.58. The van der Waals surface area contributed by atoms with Crippen molar-refractivity contribution < 1.29 is 19.4 Å². The normalized spacial score (nSPS) is 19.6. The van der Waals surface area contributed by atoms with E-state index in [4.69, 9.17) is 9.47 Å². The van der Waals surface area contributed by atoms with Gasteiger partial charge in [0.25, 0.3) is 5.91 Å². The maximum absolute atomic E-state index is 13.9. The maximum Gasteiger partial charge on any atom is 0.288 e. The minimum atomic E-state index is -0.550.